The normalized spacial score (nSPS) is 11.5. The Kier molecular flexibility index (Phi) is 3.72. The predicted octanol–water partition coefficient (Wildman–Crippen LogP) is 6.11. The summed E-state index contributed by atoms with van der Waals surface area (Å²) in [6.07, 6.45) is 1.88. The fraction of sp³-hybridized carbons (Fsp3) is 0. The molecule has 6 aromatic rings. The lowest BCUT2D eigenvalue weighted by atomic mass is 10.1. The van der Waals surface area contributed by atoms with Gasteiger partial charge in [-0.25, -0.2) is 9.78 Å². The summed E-state index contributed by atoms with van der Waals surface area (Å²) >= 11 is 1.55. The number of imidazole rings is 1. The molecule has 3 heterocycles. The summed E-state index contributed by atoms with van der Waals surface area (Å²) in [6.45, 7) is 0. The number of thiazole rings is 1. The van der Waals surface area contributed by atoms with E-state index < -0.39 is 0 Å². The molecular formula is C24H14N2O3S. The molecule has 0 radical (unpaired) electrons. The number of hydrogen-bond acceptors (Lipinski definition) is 5. The zero-order valence-electron chi connectivity index (χ0n) is 15.6. The molecule has 0 aliphatic rings. The Morgan fingerprint density at radius 1 is 0.900 bits per heavy atom. The molecule has 6 rings (SSSR count). The SMILES string of the molecule is O=c1oc2ccccc2cc1-c1cn2c(n1)sc1cc(Oc3ccccc3)ccc12. The van der Waals surface area contributed by atoms with Gasteiger partial charge in [-0.15, -0.1) is 0 Å². The first-order valence-corrected chi connectivity index (χ1v) is 10.2. The quantitative estimate of drug-likeness (QED) is 0.330. The average Bonchev–Trinajstić information content (AvgIpc) is 3.31. The molecule has 5 nitrogen and oxygen atoms in total. The number of aromatic nitrogens is 2. The first-order valence-electron chi connectivity index (χ1n) is 9.42. The van der Waals surface area contributed by atoms with Crippen molar-refractivity contribution in [3.8, 4) is 22.8 Å². The van der Waals surface area contributed by atoms with Crippen LogP contribution in [0.2, 0.25) is 0 Å². The van der Waals surface area contributed by atoms with Crippen molar-refractivity contribution < 1.29 is 9.15 Å². The summed E-state index contributed by atoms with van der Waals surface area (Å²) in [5.41, 5.74) is 2.26. The van der Waals surface area contributed by atoms with Gasteiger partial charge in [-0.05, 0) is 36.4 Å². The summed E-state index contributed by atoms with van der Waals surface area (Å²) in [5.74, 6) is 1.57. The molecule has 0 bridgehead atoms. The minimum atomic E-state index is -0.387. The highest BCUT2D eigenvalue weighted by Crippen LogP contribution is 2.33. The number of rotatable bonds is 3. The zero-order chi connectivity index (χ0) is 20.1. The Morgan fingerprint density at radius 2 is 1.73 bits per heavy atom. The molecule has 0 aliphatic carbocycles. The molecule has 0 saturated heterocycles. The average molecular weight is 410 g/mol. The third kappa shape index (κ3) is 2.77. The number of para-hydroxylation sites is 2. The van der Waals surface area contributed by atoms with Crippen LogP contribution in [0.5, 0.6) is 11.5 Å². The molecule has 3 aromatic heterocycles. The van der Waals surface area contributed by atoms with Crippen LogP contribution in [-0.4, -0.2) is 9.38 Å². The molecule has 0 N–H and O–H groups in total. The second-order valence-electron chi connectivity index (χ2n) is 6.91. The molecule has 3 aromatic carbocycles. The van der Waals surface area contributed by atoms with Crippen molar-refractivity contribution in [3.05, 3.63) is 95.5 Å². The highest BCUT2D eigenvalue weighted by atomic mass is 32.1. The summed E-state index contributed by atoms with van der Waals surface area (Å²) in [7, 11) is 0. The minimum absolute atomic E-state index is 0.387. The fourth-order valence-electron chi connectivity index (χ4n) is 3.54. The summed E-state index contributed by atoms with van der Waals surface area (Å²) in [6, 6.07) is 24.9. The minimum Gasteiger partial charge on any atom is -0.457 e. The van der Waals surface area contributed by atoms with E-state index in [9.17, 15) is 4.79 Å². The van der Waals surface area contributed by atoms with Gasteiger partial charge >= 0.3 is 5.63 Å². The Morgan fingerprint density at radius 3 is 2.63 bits per heavy atom. The van der Waals surface area contributed by atoms with Gasteiger partial charge in [-0.3, -0.25) is 4.40 Å². The Hall–Kier alpha value is -3.90. The monoisotopic (exact) mass is 410 g/mol. The van der Waals surface area contributed by atoms with Crippen molar-refractivity contribution >= 4 is 37.5 Å². The fourth-order valence-corrected chi connectivity index (χ4v) is 4.58. The summed E-state index contributed by atoms with van der Waals surface area (Å²) in [4.78, 5) is 18.0. The van der Waals surface area contributed by atoms with E-state index in [4.69, 9.17) is 9.15 Å². The predicted molar refractivity (Wildman–Crippen MR) is 119 cm³/mol. The van der Waals surface area contributed by atoms with Gasteiger partial charge in [-0.2, -0.15) is 0 Å². The number of fused-ring (bicyclic) bond motifs is 4. The maximum Gasteiger partial charge on any atom is 0.345 e. The third-order valence-electron chi connectivity index (χ3n) is 4.96. The van der Waals surface area contributed by atoms with Crippen LogP contribution in [0.4, 0.5) is 0 Å². The van der Waals surface area contributed by atoms with Crippen molar-refractivity contribution in [2.75, 3.05) is 0 Å². The van der Waals surface area contributed by atoms with Gasteiger partial charge in [0.25, 0.3) is 0 Å². The van der Waals surface area contributed by atoms with E-state index in [-0.39, 0.29) is 5.63 Å². The van der Waals surface area contributed by atoms with E-state index in [1.807, 2.05) is 83.4 Å². The van der Waals surface area contributed by atoms with Gasteiger partial charge in [-0.1, -0.05) is 47.7 Å². The van der Waals surface area contributed by atoms with Crippen LogP contribution in [0.3, 0.4) is 0 Å². The lowest BCUT2D eigenvalue weighted by molar-refractivity contribution is 0.483. The van der Waals surface area contributed by atoms with E-state index in [0.29, 0.717) is 16.8 Å². The van der Waals surface area contributed by atoms with Crippen LogP contribution in [0.25, 0.3) is 37.4 Å². The van der Waals surface area contributed by atoms with Crippen LogP contribution < -0.4 is 10.4 Å². The van der Waals surface area contributed by atoms with E-state index >= 15 is 0 Å². The summed E-state index contributed by atoms with van der Waals surface area (Å²) < 4.78 is 14.4. The molecular weight excluding hydrogens is 396 g/mol. The summed E-state index contributed by atoms with van der Waals surface area (Å²) in [5, 5.41) is 0.871. The molecule has 0 spiro atoms. The largest absolute Gasteiger partial charge is 0.457 e. The van der Waals surface area contributed by atoms with Crippen LogP contribution >= 0.6 is 11.3 Å². The van der Waals surface area contributed by atoms with Crippen molar-refractivity contribution in [2.24, 2.45) is 0 Å². The Bertz CT molecular complexity index is 1600. The van der Waals surface area contributed by atoms with E-state index in [1.165, 1.54) is 0 Å². The van der Waals surface area contributed by atoms with E-state index in [1.54, 1.807) is 17.4 Å². The van der Waals surface area contributed by atoms with Gasteiger partial charge in [0.2, 0.25) is 0 Å². The molecule has 0 fully saturated rings. The first kappa shape index (κ1) is 17.0. The van der Waals surface area contributed by atoms with Crippen molar-refractivity contribution in [3.63, 3.8) is 0 Å². The standard InChI is InChI=1S/C24H14N2O3S/c27-23-18(12-15-6-4-5-9-21(15)29-23)19-14-26-20-11-10-17(13-22(20)30-24(26)25-19)28-16-7-2-1-3-8-16/h1-14H. The Balaban J connectivity index is 1.43. The van der Waals surface area contributed by atoms with Gasteiger partial charge in [0.05, 0.1) is 21.5 Å². The van der Waals surface area contributed by atoms with Crippen LogP contribution in [0, 0.1) is 0 Å². The van der Waals surface area contributed by atoms with Crippen LogP contribution in [0.15, 0.2) is 94.3 Å². The van der Waals surface area contributed by atoms with Crippen molar-refractivity contribution in [2.45, 2.75) is 0 Å². The van der Waals surface area contributed by atoms with Crippen LogP contribution in [0.1, 0.15) is 0 Å². The van der Waals surface area contributed by atoms with Gasteiger partial charge in [0.15, 0.2) is 4.96 Å². The van der Waals surface area contributed by atoms with Gasteiger partial charge in [0, 0.05) is 17.6 Å². The highest BCUT2D eigenvalue weighted by Gasteiger charge is 2.15. The molecule has 0 unspecified atom stereocenters. The number of hydrogen-bond donors (Lipinski definition) is 0. The maximum absolute atomic E-state index is 12.5. The number of ether oxygens (including phenoxy) is 1. The topological polar surface area (TPSA) is 56.7 Å². The smallest absolute Gasteiger partial charge is 0.345 e. The zero-order valence-corrected chi connectivity index (χ0v) is 16.4. The molecule has 144 valence electrons. The third-order valence-corrected chi connectivity index (χ3v) is 5.98. The maximum atomic E-state index is 12.5. The Labute approximate surface area is 174 Å². The van der Waals surface area contributed by atoms with Gasteiger partial charge in [0.1, 0.15) is 17.1 Å². The van der Waals surface area contributed by atoms with Crippen LogP contribution in [-0.2, 0) is 0 Å². The van der Waals surface area contributed by atoms with Crippen molar-refractivity contribution in [1.29, 1.82) is 0 Å². The lowest BCUT2D eigenvalue weighted by Crippen LogP contribution is -2.02. The van der Waals surface area contributed by atoms with Crippen molar-refractivity contribution in [1.82, 2.24) is 9.38 Å². The molecule has 0 amide bonds. The second-order valence-corrected chi connectivity index (χ2v) is 7.92. The molecule has 30 heavy (non-hydrogen) atoms. The number of nitrogens with zero attached hydrogens (tertiary/aromatic N) is 2. The first-order chi connectivity index (χ1) is 14.7. The molecule has 0 atom stereocenters. The molecule has 6 heteroatoms. The number of benzene rings is 3. The molecule has 0 aliphatic heterocycles. The van der Waals surface area contributed by atoms with Gasteiger partial charge < -0.3 is 9.15 Å². The lowest BCUT2D eigenvalue weighted by Gasteiger charge is -2.05. The highest BCUT2D eigenvalue weighted by molar-refractivity contribution is 7.23. The van der Waals surface area contributed by atoms with E-state index in [0.717, 1.165) is 32.1 Å². The van der Waals surface area contributed by atoms with E-state index in [2.05, 4.69) is 4.98 Å². The second kappa shape index (κ2) is 6.57. The molecule has 0 saturated carbocycles.